The van der Waals surface area contributed by atoms with Crippen LogP contribution in [0.25, 0.3) is 0 Å². The number of anilines is 1. The van der Waals surface area contributed by atoms with Gasteiger partial charge in [0.2, 0.25) is 6.79 Å². The summed E-state index contributed by atoms with van der Waals surface area (Å²) in [5, 5.41) is 6.10. The van der Waals surface area contributed by atoms with Crippen molar-refractivity contribution in [2.24, 2.45) is 0 Å². The van der Waals surface area contributed by atoms with Gasteiger partial charge in [-0.3, -0.25) is 9.78 Å². The zero-order valence-electron chi connectivity index (χ0n) is 14.5. The van der Waals surface area contributed by atoms with E-state index in [1.54, 1.807) is 30.7 Å². The first-order valence-corrected chi connectivity index (χ1v) is 8.53. The average Bonchev–Trinajstić information content (AvgIpc) is 3.19. The third-order valence-corrected chi connectivity index (χ3v) is 4.11. The smallest absolute Gasteiger partial charge is 0.251 e. The lowest BCUT2D eigenvalue weighted by Gasteiger charge is -2.09. The van der Waals surface area contributed by atoms with Crippen LogP contribution in [0.15, 0.2) is 61.1 Å². The molecule has 1 aromatic carbocycles. The highest BCUT2D eigenvalue weighted by atomic mass is 16.7. The Morgan fingerprint density at radius 2 is 1.93 bits per heavy atom. The number of amides is 1. The number of fused-ring (bicyclic) bond motifs is 1. The Balaban J connectivity index is 1.36. The molecule has 3 aromatic rings. The predicted octanol–water partition coefficient (Wildman–Crippen LogP) is 2.75. The van der Waals surface area contributed by atoms with Crippen molar-refractivity contribution in [3.63, 3.8) is 0 Å². The molecule has 0 saturated carbocycles. The van der Waals surface area contributed by atoms with Crippen molar-refractivity contribution in [1.29, 1.82) is 0 Å². The van der Waals surface area contributed by atoms with Gasteiger partial charge in [-0.1, -0.05) is 12.1 Å². The van der Waals surface area contributed by atoms with Crippen LogP contribution in [0.5, 0.6) is 11.5 Å². The average molecular weight is 362 g/mol. The lowest BCUT2D eigenvalue weighted by molar-refractivity contribution is 0.0950. The van der Waals surface area contributed by atoms with E-state index in [1.807, 2.05) is 30.3 Å². The number of nitrogens with zero attached hydrogens (tertiary/aromatic N) is 2. The Morgan fingerprint density at radius 3 is 2.81 bits per heavy atom. The molecule has 27 heavy (non-hydrogen) atoms. The minimum absolute atomic E-state index is 0.167. The predicted molar refractivity (Wildman–Crippen MR) is 99.5 cm³/mol. The van der Waals surface area contributed by atoms with Crippen LogP contribution in [-0.4, -0.2) is 22.7 Å². The van der Waals surface area contributed by atoms with Crippen molar-refractivity contribution in [1.82, 2.24) is 15.3 Å². The highest BCUT2D eigenvalue weighted by molar-refractivity contribution is 5.94. The summed E-state index contributed by atoms with van der Waals surface area (Å²) in [5.41, 5.74) is 2.52. The van der Waals surface area contributed by atoms with Crippen LogP contribution >= 0.6 is 0 Å². The molecule has 0 aliphatic carbocycles. The highest BCUT2D eigenvalue weighted by Gasteiger charge is 2.14. The van der Waals surface area contributed by atoms with Gasteiger partial charge in [0.25, 0.3) is 5.91 Å². The minimum Gasteiger partial charge on any atom is -0.454 e. The normalized spacial score (nSPS) is 11.9. The Hall–Kier alpha value is -3.61. The molecule has 0 atom stereocenters. The number of aromatic nitrogens is 2. The maximum Gasteiger partial charge on any atom is 0.251 e. The molecule has 3 heterocycles. The van der Waals surface area contributed by atoms with Crippen molar-refractivity contribution in [2.45, 2.75) is 13.1 Å². The minimum atomic E-state index is -0.167. The molecule has 7 heteroatoms. The van der Waals surface area contributed by atoms with E-state index < -0.39 is 0 Å². The number of ether oxygens (including phenoxy) is 2. The van der Waals surface area contributed by atoms with Gasteiger partial charge in [0.1, 0.15) is 5.82 Å². The van der Waals surface area contributed by atoms with Crippen LogP contribution in [0.2, 0.25) is 0 Å². The quantitative estimate of drug-likeness (QED) is 0.701. The zero-order chi connectivity index (χ0) is 18.5. The summed E-state index contributed by atoms with van der Waals surface area (Å²) in [6, 6.07) is 12.9. The number of benzene rings is 1. The van der Waals surface area contributed by atoms with Crippen molar-refractivity contribution in [3.8, 4) is 11.5 Å². The summed E-state index contributed by atoms with van der Waals surface area (Å²) in [5.74, 6) is 1.89. The molecular weight excluding hydrogens is 344 g/mol. The maximum atomic E-state index is 12.4. The Labute approximate surface area is 156 Å². The lowest BCUT2D eigenvalue weighted by atomic mass is 10.2. The summed E-state index contributed by atoms with van der Waals surface area (Å²) < 4.78 is 10.6. The first kappa shape index (κ1) is 16.8. The van der Waals surface area contributed by atoms with Crippen molar-refractivity contribution >= 4 is 11.7 Å². The van der Waals surface area contributed by atoms with Crippen LogP contribution in [0, 0.1) is 0 Å². The van der Waals surface area contributed by atoms with Crippen LogP contribution < -0.4 is 20.1 Å². The molecule has 136 valence electrons. The molecule has 0 radical (unpaired) electrons. The third-order valence-electron chi connectivity index (χ3n) is 4.11. The number of carbonyl (C=O) groups is 1. The third kappa shape index (κ3) is 4.14. The summed E-state index contributed by atoms with van der Waals surface area (Å²) in [7, 11) is 0. The van der Waals surface area contributed by atoms with Gasteiger partial charge in [-0.2, -0.15) is 0 Å². The lowest BCUT2D eigenvalue weighted by Crippen LogP contribution is -2.23. The summed E-state index contributed by atoms with van der Waals surface area (Å²) in [4.78, 5) is 20.8. The number of carbonyl (C=O) groups excluding carboxylic acids is 1. The Bertz CT molecular complexity index is 947. The molecule has 1 aliphatic rings. The number of pyridine rings is 2. The molecule has 2 aromatic heterocycles. The van der Waals surface area contributed by atoms with E-state index in [0.29, 0.717) is 30.2 Å². The Morgan fingerprint density at radius 1 is 1.00 bits per heavy atom. The van der Waals surface area contributed by atoms with Crippen molar-refractivity contribution < 1.29 is 14.3 Å². The van der Waals surface area contributed by atoms with Gasteiger partial charge in [-0.05, 0) is 41.5 Å². The zero-order valence-corrected chi connectivity index (χ0v) is 14.5. The van der Waals surface area contributed by atoms with E-state index >= 15 is 0 Å². The van der Waals surface area contributed by atoms with E-state index in [0.717, 1.165) is 16.9 Å². The van der Waals surface area contributed by atoms with Gasteiger partial charge < -0.3 is 20.1 Å². The molecule has 7 nitrogen and oxygen atoms in total. The van der Waals surface area contributed by atoms with E-state index in [4.69, 9.17) is 9.47 Å². The summed E-state index contributed by atoms with van der Waals surface area (Å²) in [6.07, 6.45) is 5.13. The highest BCUT2D eigenvalue weighted by Crippen LogP contribution is 2.32. The molecule has 0 spiro atoms. The van der Waals surface area contributed by atoms with Gasteiger partial charge in [0, 0.05) is 37.2 Å². The first-order valence-electron chi connectivity index (χ1n) is 8.53. The first-order chi connectivity index (χ1) is 13.3. The van der Waals surface area contributed by atoms with Crippen LogP contribution in [0.4, 0.5) is 5.82 Å². The van der Waals surface area contributed by atoms with Gasteiger partial charge in [-0.15, -0.1) is 0 Å². The molecular formula is C20H18N4O3. The summed E-state index contributed by atoms with van der Waals surface area (Å²) in [6.45, 7) is 1.22. The fraction of sp³-hybridized carbons (Fsp3) is 0.150. The largest absolute Gasteiger partial charge is 0.454 e. The number of hydrogen-bond donors (Lipinski definition) is 2. The molecule has 1 aliphatic heterocycles. The molecule has 0 bridgehead atoms. The second-order valence-electron chi connectivity index (χ2n) is 6.01. The second-order valence-corrected chi connectivity index (χ2v) is 6.01. The fourth-order valence-electron chi connectivity index (χ4n) is 2.70. The van der Waals surface area contributed by atoms with Gasteiger partial charge in [-0.25, -0.2) is 4.98 Å². The number of rotatable bonds is 6. The van der Waals surface area contributed by atoms with Crippen molar-refractivity contribution in [2.75, 3.05) is 12.1 Å². The van der Waals surface area contributed by atoms with Crippen LogP contribution in [0.3, 0.4) is 0 Å². The monoisotopic (exact) mass is 362 g/mol. The van der Waals surface area contributed by atoms with E-state index in [9.17, 15) is 4.79 Å². The van der Waals surface area contributed by atoms with E-state index in [1.165, 1.54) is 0 Å². The molecule has 1 amide bonds. The molecule has 0 saturated heterocycles. The molecule has 4 rings (SSSR count). The van der Waals surface area contributed by atoms with Gasteiger partial charge in [0.15, 0.2) is 11.5 Å². The van der Waals surface area contributed by atoms with Crippen molar-refractivity contribution in [3.05, 3.63) is 77.7 Å². The van der Waals surface area contributed by atoms with Crippen LogP contribution in [-0.2, 0) is 13.1 Å². The number of hydrogen-bond acceptors (Lipinski definition) is 6. The Kier molecular flexibility index (Phi) is 4.82. The van der Waals surface area contributed by atoms with Gasteiger partial charge in [0.05, 0.1) is 0 Å². The summed E-state index contributed by atoms with van der Waals surface area (Å²) >= 11 is 0. The molecule has 0 unspecified atom stereocenters. The fourth-order valence-corrected chi connectivity index (χ4v) is 2.70. The SMILES string of the molecule is O=C(NCc1ccc2c(c1)OCO2)c1ccnc(NCc2cccnc2)c1. The molecule has 2 N–H and O–H groups in total. The second kappa shape index (κ2) is 7.74. The molecule has 0 fully saturated rings. The topological polar surface area (TPSA) is 85.4 Å². The maximum absolute atomic E-state index is 12.4. The standard InChI is InChI=1S/C20H18N4O3/c25-20(24-11-14-3-4-17-18(8-14)27-13-26-17)16-5-7-22-19(9-16)23-12-15-2-1-6-21-10-15/h1-10H,11-13H2,(H,22,23)(H,24,25). The van der Waals surface area contributed by atoms with E-state index in [2.05, 4.69) is 20.6 Å². The van der Waals surface area contributed by atoms with E-state index in [-0.39, 0.29) is 12.7 Å². The number of nitrogens with one attached hydrogen (secondary N) is 2. The van der Waals surface area contributed by atoms with Crippen LogP contribution in [0.1, 0.15) is 21.5 Å². The van der Waals surface area contributed by atoms with Gasteiger partial charge >= 0.3 is 0 Å².